The minimum absolute atomic E-state index is 0.000275. The quantitative estimate of drug-likeness (QED) is 0.614. The zero-order valence-corrected chi connectivity index (χ0v) is 18.3. The van der Waals surface area contributed by atoms with E-state index in [0.29, 0.717) is 11.5 Å². The van der Waals surface area contributed by atoms with Crippen molar-refractivity contribution in [2.75, 3.05) is 0 Å². The number of carboxylic acids is 1. The first-order valence-electron chi connectivity index (χ1n) is 9.66. The fraction of sp³-hybridized carbons (Fsp3) is 0.435. The van der Waals surface area contributed by atoms with Crippen molar-refractivity contribution in [1.29, 1.82) is 0 Å². The molecule has 0 amide bonds. The highest BCUT2D eigenvalue weighted by atomic mass is 16.5. The van der Waals surface area contributed by atoms with Crippen LogP contribution in [0, 0.1) is 20.8 Å². The second-order valence-electron chi connectivity index (χ2n) is 5.18. The summed E-state index contributed by atoms with van der Waals surface area (Å²) in [6.45, 7) is 17.6. The maximum Gasteiger partial charge on any atom is 0.307 e. The number of hydrogen-bond donors (Lipinski definition) is 2. The van der Waals surface area contributed by atoms with Gasteiger partial charge in [-0.1, -0.05) is 53.7 Å². The van der Waals surface area contributed by atoms with Gasteiger partial charge < -0.3 is 14.9 Å². The SMILES string of the molecule is CC.CC.CC.Cc1cc(Oc2c(C)cc(CC(=O)O)cc2C)ccc1O. The molecular weight excluding hydrogens is 340 g/mol. The summed E-state index contributed by atoms with van der Waals surface area (Å²) in [6, 6.07) is 8.70. The summed E-state index contributed by atoms with van der Waals surface area (Å²) in [4.78, 5) is 10.8. The number of ether oxygens (including phenoxy) is 1. The molecule has 0 aliphatic rings. The van der Waals surface area contributed by atoms with E-state index in [-0.39, 0.29) is 12.2 Å². The monoisotopic (exact) mass is 376 g/mol. The molecule has 0 bridgehead atoms. The van der Waals surface area contributed by atoms with Gasteiger partial charge in [0.2, 0.25) is 0 Å². The van der Waals surface area contributed by atoms with Crippen LogP contribution in [0.5, 0.6) is 17.2 Å². The summed E-state index contributed by atoms with van der Waals surface area (Å²) >= 11 is 0. The number of aromatic hydroxyl groups is 1. The highest BCUT2D eigenvalue weighted by Crippen LogP contribution is 2.32. The fourth-order valence-corrected chi connectivity index (χ4v) is 2.29. The van der Waals surface area contributed by atoms with E-state index in [0.717, 1.165) is 22.3 Å². The summed E-state index contributed by atoms with van der Waals surface area (Å²) in [7, 11) is 0. The smallest absolute Gasteiger partial charge is 0.307 e. The summed E-state index contributed by atoms with van der Waals surface area (Å²) < 4.78 is 5.88. The van der Waals surface area contributed by atoms with E-state index in [1.807, 2.05) is 67.5 Å². The zero-order chi connectivity index (χ0) is 21.6. The Morgan fingerprint density at radius 2 is 1.33 bits per heavy atom. The number of phenolic OH excluding ortho intramolecular Hbond substituents is 1. The fourth-order valence-electron chi connectivity index (χ4n) is 2.29. The zero-order valence-electron chi connectivity index (χ0n) is 18.3. The molecule has 0 atom stereocenters. The Morgan fingerprint density at radius 3 is 1.74 bits per heavy atom. The Morgan fingerprint density at radius 1 is 0.852 bits per heavy atom. The van der Waals surface area contributed by atoms with Crippen LogP contribution in [0.3, 0.4) is 0 Å². The van der Waals surface area contributed by atoms with Gasteiger partial charge in [0, 0.05) is 0 Å². The van der Waals surface area contributed by atoms with E-state index in [1.54, 1.807) is 25.1 Å². The number of carboxylic acid groups (broad SMARTS) is 1. The number of phenols is 1. The highest BCUT2D eigenvalue weighted by molar-refractivity contribution is 5.70. The molecule has 0 saturated carbocycles. The van der Waals surface area contributed by atoms with Gasteiger partial charge in [0.15, 0.2) is 0 Å². The Labute approximate surface area is 164 Å². The molecule has 0 aromatic heterocycles. The van der Waals surface area contributed by atoms with Crippen LogP contribution in [-0.4, -0.2) is 16.2 Å². The predicted octanol–water partition coefficient (Wildman–Crippen LogP) is 6.82. The topological polar surface area (TPSA) is 66.8 Å². The van der Waals surface area contributed by atoms with Gasteiger partial charge in [0.1, 0.15) is 17.2 Å². The van der Waals surface area contributed by atoms with E-state index < -0.39 is 5.97 Å². The first-order chi connectivity index (χ1) is 12.9. The third kappa shape index (κ3) is 9.13. The Hall–Kier alpha value is -2.49. The number of carbonyl (C=O) groups is 1. The average molecular weight is 377 g/mol. The maximum atomic E-state index is 10.8. The van der Waals surface area contributed by atoms with Crippen LogP contribution in [0.25, 0.3) is 0 Å². The van der Waals surface area contributed by atoms with Crippen molar-refractivity contribution < 1.29 is 19.7 Å². The minimum Gasteiger partial charge on any atom is -0.508 e. The Kier molecular flexibility index (Phi) is 14.5. The van der Waals surface area contributed by atoms with Gasteiger partial charge >= 0.3 is 5.97 Å². The molecule has 4 heteroatoms. The second kappa shape index (κ2) is 14.7. The van der Waals surface area contributed by atoms with Crippen molar-refractivity contribution in [2.45, 2.75) is 68.7 Å². The van der Waals surface area contributed by atoms with Crippen LogP contribution < -0.4 is 4.74 Å². The molecule has 0 aliphatic carbocycles. The van der Waals surface area contributed by atoms with Crippen LogP contribution in [-0.2, 0) is 11.2 Å². The molecule has 0 saturated heterocycles. The molecule has 2 aromatic carbocycles. The van der Waals surface area contributed by atoms with Gasteiger partial charge in [0.25, 0.3) is 0 Å². The highest BCUT2D eigenvalue weighted by Gasteiger charge is 2.10. The number of rotatable bonds is 4. The molecule has 2 aromatic rings. The lowest BCUT2D eigenvalue weighted by Gasteiger charge is -2.14. The molecule has 0 spiro atoms. The normalized spacial score (nSPS) is 8.78. The molecule has 27 heavy (non-hydrogen) atoms. The van der Waals surface area contributed by atoms with Crippen molar-refractivity contribution in [1.82, 2.24) is 0 Å². The first kappa shape index (κ1) is 26.7. The van der Waals surface area contributed by atoms with Crippen LogP contribution in [0.1, 0.15) is 63.8 Å². The Balaban J connectivity index is 0. The van der Waals surface area contributed by atoms with Crippen LogP contribution in [0.2, 0.25) is 0 Å². The van der Waals surface area contributed by atoms with E-state index in [2.05, 4.69) is 0 Å². The van der Waals surface area contributed by atoms with Crippen molar-refractivity contribution in [3.05, 3.63) is 52.6 Å². The molecule has 0 fully saturated rings. The van der Waals surface area contributed by atoms with Crippen LogP contribution in [0.15, 0.2) is 30.3 Å². The lowest BCUT2D eigenvalue weighted by atomic mass is 10.0. The van der Waals surface area contributed by atoms with Crippen LogP contribution in [0.4, 0.5) is 0 Å². The van der Waals surface area contributed by atoms with Gasteiger partial charge in [-0.25, -0.2) is 0 Å². The van der Waals surface area contributed by atoms with Gasteiger partial charge in [0.05, 0.1) is 6.42 Å². The molecule has 0 unspecified atom stereocenters. The third-order valence-electron chi connectivity index (χ3n) is 3.26. The van der Waals surface area contributed by atoms with E-state index in [9.17, 15) is 9.90 Å². The predicted molar refractivity (Wildman–Crippen MR) is 114 cm³/mol. The van der Waals surface area contributed by atoms with Gasteiger partial charge in [-0.2, -0.15) is 0 Å². The van der Waals surface area contributed by atoms with Gasteiger partial charge in [-0.3, -0.25) is 4.79 Å². The molecule has 0 radical (unpaired) electrons. The number of aliphatic carboxylic acids is 1. The summed E-state index contributed by atoms with van der Waals surface area (Å²) in [5.74, 6) is 0.737. The summed E-state index contributed by atoms with van der Waals surface area (Å²) in [6.07, 6.45) is 0.000275. The van der Waals surface area contributed by atoms with Crippen molar-refractivity contribution >= 4 is 5.97 Å². The summed E-state index contributed by atoms with van der Waals surface area (Å²) in [5.41, 5.74) is 3.27. The van der Waals surface area contributed by atoms with Crippen molar-refractivity contribution in [3.8, 4) is 17.2 Å². The standard InChI is InChI=1S/C17H18O4.3C2H6/c1-10-8-14(4-5-15(10)18)21-17-11(2)6-13(7-12(17)3)9-16(19)20;3*1-2/h4-8,18H,9H2,1-3H3,(H,19,20);3*1-2H3. The maximum absolute atomic E-state index is 10.8. The third-order valence-corrected chi connectivity index (χ3v) is 3.26. The number of benzene rings is 2. The van der Waals surface area contributed by atoms with E-state index in [4.69, 9.17) is 9.84 Å². The molecule has 2 rings (SSSR count). The lowest BCUT2D eigenvalue weighted by molar-refractivity contribution is -0.136. The Bertz CT molecular complexity index is 668. The molecular formula is C23H36O4. The van der Waals surface area contributed by atoms with Crippen LogP contribution >= 0.6 is 0 Å². The van der Waals surface area contributed by atoms with E-state index in [1.165, 1.54) is 0 Å². The largest absolute Gasteiger partial charge is 0.508 e. The van der Waals surface area contributed by atoms with Gasteiger partial charge in [-0.15, -0.1) is 0 Å². The molecule has 4 nitrogen and oxygen atoms in total. The van der Waals surface area contributed by atoms with E-state index >= 15 is 0 Å². The molecule has 0 aliphatic heterocycles. The minimum atomic E-state index is -0.850. The second-order valence-corrected chi connectivity index (χ2v) is 5.18. The average Bonchev–Trinajstić information content (AvgIpc) is 2.65. The van der Waals surface area contributed by atoms with Crippen molar-refractivity contribution in [2.24, 2.45) is 0 Å². The molecule has 0 heterocycles. The molecule has 2 N–H and O–H groups in total. The lowest BCUT2D eigenvalue weighted by Crippen LogP contribution is -2.02. The van der Waals surface area contributed by atoms with Crippen molar-refractivity contribution in [3.63, 3.8) is 0 Å². The first-order valence-corrected chi connectivity index (χ1v) is 9.66. The number of aryl methyl sites for hydroxylation is 3. The molecule has 152 valence electrons. The number of hydrogen-bond acceptors (Lipinski definition) is 3. The van der Waals surface area contributed by atoms with Gasteiger partial charge in [-0.05, 0) is 61.2 Å². The summed E-state index contributed by atoms with van der Waals surface area (Å²) in [5, 5.41) is 18.4.